The van der Waals surface area contributed by atoms with Gasteiger partial charge in [-0.1, -0.05) is 41.1 Å². The number of amides is 1. The Morgan fingerprint density at radius 1 is 1.29 bits per heavy atom. The van der Waals surface area contributed by atoms with Gasteiger partial charge in [-0.05, 0) is 54.6 Å². The molecule has 1 fully saturated rings. The number of aliphatic carboxylic acids is 1. The lowest BCUT2D eigenvalue weighted by molar-refractivity contribution is -0.145. The summed E-state index contributed by atoms with van der Waals surface area (Å²) in [6.45, 7) is 1.74. The van der Waals surface area contributed by atoms with Crippen LogP contribution in [-0.2, 0) is 9.59 Å². The van der Waals surface area contributed by atoms with Crippen LogP contribution in [0.4, 0.5) is 5.69 Å². The number of benzene rings is 2. The standard InChI is InChI=1S/C20H17BrN2O4S/c1-2-15(19(25)26)27-16-6-4-3-5-12(16)11-17-18(24)23-20(28-17)22-14-9-7-13(21)8-10-14/h3-11,15H,2H2,1H3,(H,25,26)(H,22,23,24)/b17-11+. The van der Waals surface area contributed by atoms with E-state index >= 15 is 0 Å². The van der Waals surface area contributed by atoms with Crippen molar-refractivity contribution in [3.05, 3.63) is 63.5 Å². The highest BCUT2D eigenvalue weighted by Gasteiger charge is 2.25. The van der Waals surface area contributed by atoms with Crippen LogP contribution in [-0.4, -0.2) is 28.3 Å². The summed E-state index contributed by atoms with van der Waals surface area (Å²) in [7, 11) is 0. The molecule has 1 heterocycles. The zero-order valence-electron chi connectivity index (χ0n) is 14.9. The molecule has 0 spiro atoms. The Hall–Kier alpha value is -2.58. The number of carbonyl (C=O) groups is 2. The average Bonchev–Trinajstić information content (AvgIpc) is 3.01. The van der Waals surface area contributed by atoms with E-state index < -0.39 is 12.1 Å². The van der Waals surface area contributed by atoms with Crippen molar-refractivity contribution in [3.8, 4) is 5.75 Å². The van der Waals surface area contributed by atoms with Gasteiger partial charge in [0, 0.05) is 10.0 Å². The summed E-state index contributed by atoms with van der Waals surface area (Å²) in [4.78, 5) is 28.4. The van der Waals surface area contributed by atoms with E-state index in [-0.39, 0.29) is 5.91 Å². The topological polar surface area (TPSA) is 88.0 Å². The van der Waals surface area contributed by atoms with E-state index in [0.29, 0.717) is 27.8 Å². The van der Waals surface area contributed by atoms with Gasteiger partial charge in [-0.15, -0.1) is 0 Å². The van der Waals surface area contributed by atoms with Crippen molar-refractivity contribution in [2.24, 2.45) is 4.99 Å². The van der Waals surface area contributed by atoms with Gasteiger partial charge < -0.3 is 15.2 Å². The Labute approximate surface area is 174 Å². The molecule has 1 amide bonds. The molecule has 8 heteroatoms. The Bertz CT molecular complexity index is 957. The number of thioether (sulfide) groups is 1. The molecule has 0 bridgehead atoms. The third-order valence-corrected chi connectivity index (χ3v) is 5.27. The second kappa shape index (κ2) is 9.07. The number of amidine groups is 1. The van der Waals surface area contributed by atoms with Gasteiger partial charge in [0.25, 0.3) is 5.91 Å². The number of hydrogen-bond acceptors (Lipinski definition) is 5. The van der Waals surface area contributed by atoms with Crippen molar-refractivity contribution in [1.82, 2.24) is 5.32 Å². The van der Waals surface area contributed by atoms with Crippen LogP contribution in [0.3, 0.4) is 0 Å². The molecule has 2 aromatic carbocycles. The summed E-state index contributed by atoms with van der Waals surface area (Å²) < 4.78 is 6.56. The van der Waals surface area contributed by atoms with Gasteiger partial charge in [0.1, 0.15) is 5.75 Å². The molecule has 0 radical (unpaired) electrons. The third-order valence-electron chi connectivity index (χ3n) is 3.83. The van der Waals surface area contributed by atoms with Crippen LogP contribution in [0, 0.1) is 0 Å². The minimum absolute atomic E-state index is 0.263. The highest BCUT2D eigenvalue weighted by atomic mass is 79.9. The van der Waals surface area contributed by atoms with Gasteiger partial charge in [-0.25, -0.2) is 9.79 Å². The van der Waals surface area contributed by atoms with Gasteiger partial charge in [-0.3, -0.25) is 4.79 Å². The molecule has 144 valence electrons. The molecule has 0 saturated carbocycles. The summed E-state index contributed by atoms with van der Waals surface area (Å²) in [5.74, 6) is -0.876. The average molecular weight is 461 g/mol. The van der Waals surface area contributed by atoms with Gasteiger partial charge in [0.2, 0.25) is 0 Å². The van der Waals surface area contributed by atoms with Crippen LogP contribution in [0.2, 0.25) is 0 Å². The smallest absolute Gasteiger partial charge is 0.344 e. The molecule has 1 unspecified atom stereocenters. The molecule has 1 aliphatic rings. The number of hydrogen-bond donors (Lipinski definition) is 2. The van der Waals surface area contributed by atoms with E-state index in [1.54, 1.807) is 37.3 Å². The van der Waals surface area contributed by atoms with Crippen molar-refractivity contribution in [3.63, 3.8) is 0 Å². The number of nitrogens with zero attached hydrogens (tertiary/aromatic N) is 1. The first-order valence-corrected chi connectivity index (χ1v) is 10.1. The fourth-order valence-corrected chi connectivity index (χ4v) is 3.52. The lowest BCUT2D eigenvalue weighted by atomic mass is 10.1. The summed E-state index contributed by atoms with van der Waals surface area (Å²) in [5.41, 5.74) is 1.35. The molecule has 6 nitrogen and oxygen atoms in total. The van der Waals surface area contributed by atoms with Crippen LogP contribution >= 0.6 is 27.7 Å². The summed E-state index contributed by atoms with van der Waals surface area (Å²) in [6, 6.07) is 14.4. The van der Waals surface area contributed by atoms with Crippen LogP contribution in [0.15, 0.2) is 62.9 Å². The number of halogens is 1. The molecule has 1 aliphatic heterocycles. The fourth-order valence-electron chi connectivity index (χ4n) is 2.42. The van der Waals surface area contributed by atoms with E-state index in [2.05, 4.69) is 26.2 Å². The third kappa shape index (κ3) is 5.02. The number of carboxylic acids is 1. The lowest BCUT2D eigenvalue weighted by Crippen LogP contribution is -2.26. The lowest BCUT2D eigenvalue weighted by Gasteiger charge is -2.15. The molecule has 28 heavy (non-hydrogen) atoms. The first-order chi connectivity index (χ1) is 13.5. The van der Waals surface area contributed by atoms with Gasteiger partial charge in [0.05, 0.1) is 10.6 Å². The Kier molecular flexibility index (Phi) is 6.53. The van der Waals surface area contributed by atoms with Gasteiger partial charge >= 0.3 is 5.97 Å². The van der Waals surface area contributed by atoms with Crippen LogP contribution in [0.25, 0.3) is 6.08 Å². The Morgan fingerprint density at radius 2 is 2.00 bits per heavy atom. The molecule has 1 saturated heterocycles. The second-order valence-electron chi connectivity index (χ2n) is 5.85. The zero-order valence-corrected chi connectivity index (χ0v) is 17.3. The van der Waals surface area contributed by atoms with E-state index in [0.717, 1.165) is 10.2 Å². The maximum Gasteiger partial charge on any atom is 0.344 e. The van der Waals surface area contributed by atoms with Crippen LogP contribution < -0.4 is 10.1 Å². The van der Waals surface area contributed by atoms with E-state index in [4.69, 9.17) is 4.74 Å². The monoisotopic (exact) mass is 460 g/mol. The number of aliphatic imine (C=N–C) groups is 1. The molecule has 0 aliphatic carbocycles. The predicted molar refractivity (Wildman–Crippen MR) is 114 cm³/mol. The molecule has 1 atom stereocenters. The second-order valence-corrected chi connectivity index (χ2v) is 7.80. The molecule has 2 aromatic rings. The molecular weight excluding hydrogens is 444 g/mol. The van der Waals surface area contributed by atoms with Crippen molar-refractivity contribution >= 4 is 56.5 Å². The van der Waals surface area contributed by atoms with E-state index in [1.165, 1.54) is 11.8 Å². The zero-order chi connectivity index (χ0) is 20.1. The minimum Gasteiger partial charge on any atom is -0.479 e. The van der Waals surface area contributed by atoms with E-state index in [1.807, 2.05) is 24.3 Å². The van der Waals surface area contributed by atoms with Crippen molar-refractivity contribution in [2.75, 3.05) is 0 Å². The molecular formula is C20H17BrN2O4S. The summed E-state index contributed by atoms with van der Waals surface area (Å²) in [5, 5.41) is 12.4. The van der Waals surface area contributed by atoms with Gasteiger partial charge in [-0.2, -0.15) is 0 Å². The van der Waals surface area contributed by atoms with Crippen LogP contribution in [0.1, 0.15) is 18.9 Å². The van der Waals surface area contributed by atoms with Crippen LogP contribution in [0.5, 0.6) is 5.75 Å². The summed E-state index contributed by atoms with van der Waals surface area (Å²) in [6.07, 6.45) is 1.06. The maximum atomic E-state index is 12.3. The number of carbonyl (C=O) groups excluding carboxylic acids is 1. The Balaban J connectivity index is 1.83. The first-order valence-electron chi connectivity index (χ1n) is 8.50. The predicted octanol–water partition coefficient (Wildman–Crippen LogP) is 4.58. The largest absolute Gasteiger partial charge is 0.479 e. The maximum absolute atomic E-state index is 12.3. The van der Waals surface area contributed by atoms with Crippen molar-refractivity contribution < 1.29 is 19.4 Å². The fraction of sp³-hybridized carbons (Fsp3) is 0.150. The minimum atomic E-state index is -1.03. The number of carboxylic acid groups (broad SMARTS) is 1. The van der Waals surface area contributed by atoms with E-state index in [9.17, 15) is 14.7 Å². The Morgan fingerprint density at radius 3 is 2.68 bits per heavy atom. The first kappa shape index (κ1) is 20.2. The molecule has 0 aromatic heterocycles. The normalized spacial score (nSPS) is 17.6. The molecule has 3 rings (SSSR count). The highest BCUT2D eigenvalue weighted by molar-refractivity contribution is 9.10. The summed E-state index contributed by atoms with van der Waals surface area (Å²) >= 11 is 4.59. The van der Waals surface area contributed by atoms with Crippen molar-refractivity contribution in [1.29, 1.82) is 0 Å². The quantitative estimate of drug-likeness (QED) is 0.615. The SMILES string of the molecule is CCC(Oc1ccccc1/C=C1/SC(=Nc2ccc(Br)cc2)NC1=O)C(=O)O. The highest BCUT2D eigenvalue weighted by Crippen LogP contribution is 2.31. The van der Waals surface area contributed by atoms with Crippen molar-refractivity contribution in [2.45, 2.75) is 19.4 Å². The van der Waals surface area contributed by atoms with Gasteiger partial charge in [0.15, 0.2) is 11.3 Å². The molecule has 2 N–H and O–H groups in total. The number of para-hydroxylation sites is 1. The number of rotatable bonds is 6. The number of nitrogens with one attached hydrogen (secondary N) is 1. The number of ether oxygens (including phenoxy) is 1.